The Hall–Kier alpha value is -6.01. The SMILES string of the molecule is CC/C=C\C/C=C\C/C=C\C/C=C\C/C=C\C/C=C\C/C=C\C/C=C\C/C=C\CCCC(=O)OCC(COC(=O)CCCCC/C=C\C/C=C\C/C=C\CC)OC(=O)CCC/C=C\C/C=C\C/C=C\C/C=C\C/C=C\CC. The van der Waals surface area contributed by atoms with Crippen LogP contribution in [0.4, 0.5) is 0 Å². The Morgan fingerprint density at radius 3 is 0.753 bits per heavy atom. The number of ether oxygens (including phenoxy) is 3. The molecule has 0 N–H and O–H groups in total. The van der Waals surface area contributed by atoms with Gasteiger partial charge in [-0.25, -0.2) is 0 Å². The van der Waals surface area contributed by atoms with Crippen molar-refractivity contribution in [3.8, 4) is 0 Å². The zero-order valence-electron chi connectivity index (χ0n) is 48.4. The first kappa shape index (κ1) is 71.0. The Labute approximate surface area is 470 Å². The number of allylic oxidation sites excluding steroid dienone is 34. The summed E-state index contributed by atoms with van der Waals surface area (Å²) < 4.78 is 16.7. The van der Waals surface area contributed by atoms with Crippen molar-refractivity contribution in [1.29, 1.82) is 0 Å². The molecule has 0 fully saturated rings. The van der Waals surface area contributed by atoms with E-state index in [0.717, 1.165) is 148 Å². The van der Waals surface area contributed by atoms with Crippen LogP contribution in [-0.2, 0) is 28.6 Å². The predicted molar refractivity (Wildman–Crippen MR) is 333 cm³/mol. The molecule has 0 aliphatic heterocycles. The maximum Gasteiger partial charge on any atom is 0.306 e. The second-order valence-corrected chi connectivity index (χ2v) is 18.4. The third-order valence-corrected chi connectivity index (χ3v) is 11.3. The second-order valence-electron chi connectivity index (χ2n) is 18.4. The molecule has 0 amide bonds. The molecule has 0 aliphatic rings. The van der Waals surface area contributed by atoms with Gasteiger partial charge in [-0.15, -0.1) is 0 Å². The van der Waals surface area contributed by atoms with Gasteiger partial charge in [-0.05, 0) is 154 Å². The van der Waals surface area contributed by atoms with Gasteiger partial charge in [0.25, 0.3) is 0 Å². The fraction of sp³-hybridized carbons (Fsp3) is 0.479. The highest BCUT2D eigenvalue weighted by Crippen LogP contribution is 2.10. The smallest absolute Gasteiger partial charge is 0.306 e. The standard InChI is InChI=1S/C71H104O6/c1-4-7-10-13-16-19-22-25-27-29-30-31-32-33-34-35-36-37-38-39-40-42-43-46-49-52-55-58-61-64-70(73)76-67-68(66-75-69(72)63-60-57-54-51-48-45-24-21-18-15-12-9-6-3)77-71(74)65-62-59-56-53-50-47-44-41-28-26-23-20-17-14-11-8-5-2/h7-12,16-21,25-28,30-31,33-34,36-37,39-40,43-48,52-53,55-56,68H,4-6,13-15,22-24,29,32,35,38,41-42,49-51,54,57-67H2,1-3H3/b10-7-,11-8-,12-9-,19-16-,20-17-,21-18-,27-25-,28-26-,31-30-,34-33-,37-36-,40-39-,46-43-,47-44-,48-45-,55-52-,56-53-. The first-order chi connectivity index (χ1) is 38.0. The molecule has 424 valence electrons. The van der Waals surface area contributed by atoms with E-state index in [4.69, 9.17) is 14.2 Å². The second kappa shape index (κ2) is 62.5. The number of esters is 3. The minimum Gasteiger partial charge on any atom is -0.462 e. The van der Waals surface area contributed by atoms with E-state index in [2.05, 4.69) is 227 Å². The molecule has 0 heterocycles. The van der Waals surface area contributed by atoms with Crippen molar-refractivity contribution in [1.82, 2.24) is 0 Å². The molecule has 0 aromatic carbocycles. The zero-order valence-corrected chi connectivity index (χ0v) is 48.4. The molecule has 0 aromatic heterocycles. The molecule has 0 bridgehead atoms. The molecule has 0 saturated heterocycles. The van der Waals surface area contributed by atoms with Crippen molar-refractivity contribution < 1.29 is 28.6 Å². The lowest BCUT2D eigenvalue weighted by Crippen LogP contribution is -2.30. The maximum atomic E-state index is 12.8. The van der Waals surface area contributed by atoms with Gasteiger partial charge in [-0.1, -0.05) is 234 Å². The Kier molecular flexibility index (Phi) is 57.6. The molecule has 0 saturated carbocycles. The quantitative estimate of drug-likeness (QED) is 0.0261. The van der Waals surface area contributed by atoms with E-state index in [1.807, 2.05) is 0 Å². The third-order valence-electron chi connectivity index (χ3n) is 11.3. The summed E-state index contributed by atoms with van der Waals surface area (Å²) in [5.41, 5.74) is 0. The normalized spacial score (nSPS) is 13.6. The van der Waals surface area contributed by atoms with Crippen molar-refractivity contribution in [2.75, 3.05) is 13.2 Å². The Morgan fingerprint density at radius 1 is 0.260 bits per heavy atom. The molecule has 6 heteroatoms. The summed E-state index contributed by atoms with van der Waals surface area (Å²) in [4.78, 5) is 38.1. The predicted octanol–water partition coefficient (Wildman–Crippen LogP) is 20.4. The number of carbonyl (C=O) groups is 3. The van der Waals surface area contributed by atoms with Gasteiger partial charge in [0, 0.05) is 19.3 Å². The minimum absolute atomic E-state index is 0.146. The molecule has 1 unspecified atom stereocenters. The summed E-state index contributed by atoms with van der Waals surface area (Å²) in [6.07, 6.45) is 97.0. The fourth-order valence-corrected chi connectivity index (χ4v) is 6.96. The van der Waals surface area contributed by atoms with Crippen molar-refractivity contribution in [3.05, 3.63) is 207 Å². The van der Waals surface area contributed by atoms with Crippen LogP contribution < -0.4 is 0 Å². The van der Waals surface area contributed by atoms with Crippen LogP contribution in [0.1, 0.15) is 201 Å². The van der Waals surface area contributed by atoms with Crippen LogP contribution >= 0.6 is 0 Å². The lowest BCUT2D eigenvalue weighted by atomic mass is 10.1. The van der Waals surface area contributed by atoms with Crippen LogP contribution in [0.25, 0.3) is 0 Å². The number of carbonyl (C=O) groups excluding carboxylic acids is 3. The molecule has 77 heavy (non-hydrogen) atoms. The summed E-state index contributed by atoms with van der Waals surface area (Å²) in [5, 5.41) is 0. The van der Waals surface area contributed by atoms with Gasteiger partial charge < -0.3 is 14.2 Å². The van der Waals surface area contributed by atoms with E-state index >= 15 is 0 Å². The van der Waals surface area contributed by atoms with Crippen molar-refractivity contribution in [3.63, 3.8) is 0 Å². The zero-order chi connectivity index (χ0) is 55.7. The van der Waals surface area contributed by atoms with Crippen LogP contribution in [0, 0.1) is 0 Å². The first-order valence-corrected chi connectivity index (χ1v) is 29.6. The molecule has 1 atom stereocenters. The van der Waals surface area contributed by atoms with E-state index < -0.39 is 12.1 Å². The molecular formula is C71H104O6. The summed E-state index contributed by atoms with van der Waals surface area (Å²) in [7, 11) is 0. The lowest BCUT2D eigenvalue weighted by Gasteiger charge is -2.18. The topological polar surface area (TPSA) is 78.9 Å². The van der Waals surface area contributed by atoms with Gasteiger partial charge in [0.15, 0.2) is 6.10 Å². The number of hydrogen-bond donors (Lipinski definition) is 0. The van der Waals surface area contributed by atoms with E-state index in [0.29, 0.717) is 12.8 Å². The molecule has 0 rings (SSSR count). The molecule has 0 spiro atoms. The maximum absolute atomic E-state index is 12.8. The minimum atomic E-state index is -0.857. The van der Waals surface area contributed by atoms with E-state index in [-0.39, 0.29) is 44.4 Å². The lowest BCUT2D eigenvalue weighted by molar-refractivity contribution is -0.167. The summed E-state index contributed by atoms with van der Waals surface area (Å²) in [6.45, 7) is 6.14. The number of unbranched alkanes of at least 4 members (excludes halogenated alkanes) is 5. The van der Waals surface area contributed by atoms with Gasteiger partial charge in [-0.2, -0.15) is 0 Å². The van der Waals surface area contributed by atoms with Gasteiger partial charge in [-0.3, -0.25) is 14.4 Å². The van der Waals surface area contributed by atoms with E-state index in [1.54, 1.807) is 0 Å². The molecular weight excluding hydrogens is 949 g/mol. The van der Waals surface area contributed by atoms with Gasteiger partial charge in [0.1, 0.15) is 13.2 Å². The van der Waals surface area contributed by atoms with Crippen LogP contribution in [0.15, 0.2) is 207 Å². The molecule has 0 aliphatic carbocycles. The van der Waals surface area contributed by atoms with E-state index in [1.165, 1.54) is 0 Å². The van der Waals surface area contributed by atoms with Crippen molar-refractivity contribution in [2.24, 2.45) is 0 Å². The van der Waals surface area contributed by atoms with Crippen molar-refractivity contribution >= 4 is 17.9 Å². The highest BCUT2D eigenvalue weighted by Gasteiger charge is 2.19. The van der Waals surface area contributed by atoms with Crippen LogP contribution in [0.2, 0.25) is 0 Å². The van der Waals surface area contributed by atoms with Crippen LogP contribution in [-0.4, -0.2) is 37.2 Å². The Morgan fingerprint density at radius 2 is 0.481 bits per heavy atom. The highest BCUT2D eigenvalue weighted by atomic mass is 16.6. The average Bonchev–Trinajstić information content (AvgIpc) is 3.43. The fourth-order valence-electron chi connectivity index (χ4n) is 6.96. The van der Waals surface area contributed by atoms with Gasteiger partial charge in [0.05, 0.1) is 0 Å². The molecule has 6 nitrogen and oxygen atoms in total. The highest BCUT2D eigenvalue weighted by molar-refractivity contribution is 5.71. The van der Waals surface area contributed by atoms with Crippen LogP contribution in [0.5, 0.6) is 0 Å². The molecule has 0 radical (unpaired) electrons. The third kappa shape index (κ3) is 60.7. The summed E-state index contributed by atoms with van der Waals surface area (Å²) >= 11 is 0. The van der Waals surface area contributed by atoms with E-state index in [9.17, 15) is 14.4 Å². The van der Waals surface area contributed by atoms with Crippen LogP contribution in [0.3, 0.4) is 0 Å². The van der Waals surface area contributed by atoms with Crippen molar-refractivity contribution in [2.45, 2.75) is 207 Å². The van der Waals surface area contributed by atoms with Gasteiger partial charge in [0.2, 0.25) is 0 Å². The average molecular weight is 1050 g/mol. The summed E-state index contributed by atoms with van der Waals surface area (Å²) in [5.74, 6) is -1.11. The summed E-state index contributed by atoms with van der Waals surface area (Å²) in [6, 6.07) is 0. The first-order valence-electron chi connectivity index (χ1n) is 29.6. The Balaban J connectivity index is 4.57. The molecule has 0 aromatic rings. The number of hydrogen-bond acceptors (Lipinski definition) is 6. The largest absolute Gasteiger partial charge is 0.462 e. The van der Waals surface area contributed by atoms with Gasteiger partial charge >= 0.3 is 17.9 Å². The number of rotatable bonds is 50. The monoisotopic (exact) mass is 1050 g/mol. The Bertz CT molecular complexity index is 1930.